The van der Waals surface area contributed by atoms with Crippen LogP contribution in [-0.4, -0.2) is 10.2 Å². The molecule has 0 unspecified atom stereocenters. The maximum Gasteiger partial charge on any atom is 0.129 e. The SMILES string of the molecule is Cc1cc(CNCc2ccn[nH]2)cc(C)c1F. The Hall–Kier alpha value is -1.68. The smallest absolute Gasteiger partial charge is 0.129 e. The Kier molecular flexibility index (Phi) is 3.54. The molecule has 0 spiro atoms. The molecular formula is C13H16FN3. The van der Waals surface area contributed by atoms with Gasteiger partial charge < -0.3 is 5.32 Å². The Balaban J connectivity index is 1.95. The van der Waals surface area contributed by atoms with E-state index in [1.807, 2.05) is 18.2 Å². The molecule has 0 amide bonds. The first-order valence-corrected chi connectivity index (χ1v) is 5.61. The number of nitrogens with zero attached hydrogens (tertiary/aromatic N) is 1. The van der Waals surface area contributed by atoms with Crippen LogP contribution in [0.2, 0.25) is 0 Å². The van der Waals surface area contributed by atoms with Crippen molar-refractivity contribution in [2.24, 2.45) is 0 Å². The van der Waals surface area contributed by atoms with Crippen molar-refractivity contribution in [1.82, 2.24) is 15.5 Å². The second kappa shape index (κ2) is 5.10. The summed E-state index contributed by atoms with van der Waals surface area (Å²) in [7, 11) is 0. The molecule has 0 aliphatic heterocycles. The van der Waals surface area contributed by atoms with Gasteiger partial charge in [0, 0.05) is 25.0 Å². The van der Waals surface area contributed by atoms with Gasteiger partial charge in [0.15, 0.2) is 0 Å². The predicted octanol–water partition coefficient (Wildman–Crippen LogP) is 2.46. The van der Waals surface area contributed by atoms with Crippen LogP contribution in [0.4, 0.5) is 4.39 Å². The molecule has 17 heavy (non-hydrogen) atoms. The van der Waals surface area contributed by atoms with E-state index in [4.69, 9.17) is 0 Å². The highest BCUT2D eigenvalue weighted by Gasteiger charge is 2.04. The first-order chi connectivity index (χ1) is 8.16. The van der Waals surface area contributed by atoms with Gasteiger partial charge in [-0.05, 0) is 36.6 Å². The molecule has 1 aromatic carbocycles. The van der Waals surface area contributed by atoms with E-state index in [-0.39, 0.29) is 5.82 Å². The number of aryl methyl sites for hydroxylation is 2. The van der Waals surface area contributed by atoms with E-state index in [1.54, 1.807) is 20.0 Å². The molecule has 3 nitrogen and oxygen atoms in total. The average molecular weight is 233 g/mol. The van der Waals surface area contributed by atoms with Gasteiger partial charge in [-0.15, -0.1) is 0 Å². The van der Waals surface area contributed by atoms with E-state index < -0.39 is 0 Å². The average Bonchev–Trinajstić information content (AvgIpc) is 2.79. The monoisotopic (exact) mass is 233 g/mol. The number of hydrogen-bond donors (Lipinski definition) is 2. The molecular weight excluding hydrogens is 217 g/mol. The normalized spacial score (nSPS) is 10.8. The first kappa shape index (κ1) is 11.8. The minimum atomic E-state index is -0.109. The molecule has 90 valence electrons. The Morgan fingerprint density at radius 1 is 1.24 bits per heavy atom. The Morgan fingerprint density at radius 2 is 1.94 bits per heavy atom. The number of aromatic amines is 1. The largest absolute Gasteiger partial charge is 0.307 e. The minimum Gasteiger partial charge on any atom is -0.307 e. The van der Waals surface area contributed by atoms with Crippen molar-refractivity contribution in [3.63, 3.8) is 0 Å². The molecule has 1 heterocycles. The molecule has 2 rings (SSSR count). The van der Waals surface area contributed by atoms with Gasteiger partial charge in [0.25, 0.3) is 0 Å². The van der Waals surface area contributed by atoms with Crippen LogP contribution >= 0.6 is 0 Å². The fourth-order valence-electron chi connectivity index (χ4n) is 1.86. The van der Waals surface area contributed by atoms with Crippen LogP contribution in [0, 0.1) is 19.7 Å². The van der Waals surface area contributed by atoms with Crippen LogP contribution in [-0.2, 0) is 13.1 Å². The lowest BCUT2D eigenvalue weighted by atomic mass is 10.1. The fraction of sp³-hybridized carbons (Fsp3) is 0.308. The molecule has 0 bridgehead atoms. The van der Waals surface area contributed by atoms with Crippen LogP contribution in [0.3, 0.4) is 0 Å². The zero-order valence-corrected chi connectivity index (χ0v) is 10.0. The number of H-pyrrole nitrogens is 1. The lowest BCUT2D eigenvalue weighted by Crippen LogP contribution is -2.13. The van der Waals surface area contributed by atoms with E-state index in [0.717, 1.165) is 24.3 Å². The highest BCUT2D eigenvalue weighted by atomic mass is 19.1. The third-order valence-corrected chi connectivity index (χ3v) is 2.70. The third-order valence-electron chi connectivity index (χ3n) is 2.70. The van der Waals surface area contributed by atoms with Gasteiger partial charge >= 0.3 is 0 Å². The van der Waals surface area contributed by atoms with Crippen LogP contribution in [0.5, 0.6) is 0 Å². The lowest BCUT2D eigenvalue weighted by molar-refractivity contribution is 0.605. The molecule has 0 saturated heterocycles. The number of nitrogens with one attached hydrogen (secondary N) is 2. The Bertz CT molecular complexity index is 468. The van der Waals surface area contributed by atoms with Crippen LogP contribution < -0.4 is 5.32 Å². The molecule has 0 fully saturated rings. The maximum atomic E-state index is 13.4. The number of hydrogen-bond acceptors (Lipinski definition) is 2. The molecule has 2 N–H and O–H groups in total. The predicted molar refractivity (Wildman–Crippen MR) is 65.0 cm³/mol. The van der Waals surface area contributed by atoms with Crippen molar-refractivity contribution in [3.05, 3.63) is 52.6 Å². The summed E-state index contributed by atoms with van der Waals surface area (Å²) in [5.41, 5.74) is 3.54. The minimum absolute atomic E-state index is 0.109. The van der Waals surface area contributed by atoms with Crippen molar-refractivity contribution in [3.8, 4) is 0 Å². The van der Waals surface area contributed by atoms with Gasteiger partial charge in [0.2, 0.25) is 0 Å². The van der Waals surface area contributed by atoms with Crippen molar-refractivity contribution in [1.29, 1.82) is 0 Å². The Labute approximate surface area is 100 Å². The summed E-state index contributed by atoms with van der Waals surface area (Å²) in [6, 6.07) is 5.68. The summed E-state index contributed by atoms with van der Waals surface area (Å²) in [5.74, 6) is -0.109. The Morgan fingerprint density at radius 3 is 2.53 bits per heavy atom. The highest BCUT2D eigenvalue weighted by molar-refractivity contribution is 5.30. The van der Waals surface area contributed by atoms with Gasteiger partial charge in [-0.1, -0.05) is 12.1 Å². The topological polar surface area (TPSA) is 40.7 Å². The summed E-state index contributed by atoms with van der Waals surface area (Å²) < 4.78 is 13.4. The second-order valence-electron chi connectivity index (χ2n) is 4.23. The molecule has 0 atom stereocenters. The van der Waals surface area contributed by atoms with Crippen LogP contribution in [0.15, 0.2) is 24.4 Å². The third kappa shape index (κ3) is 2.91. The lowest BCUT2D eigenvalue weighted by Gasteiger charge is -2.07. The molecule has 0 aliphatic rings. The summed E-state index contributed by atoms with van der Waals surface area (Å²) in [6.45, 7) is 5.04. The van der Waals surface area contributed by atoms with E-state index in [9.17, 15) is 4.39 Å². The van der Waals surface area contributed by atoms with E-state index in [2.05, 4.69) is 15.5 Å². The number of benzene rings is 1. The number of rotatable bonds is 4. The maximum absolute atomic E-state index is 13.4. The summed E-state index contributed by atoms with van der Waals surface area (Å²) in [6.07, 6.45) is 1.73. The van der Waals surface area contributed by atoms with Crippen LogP contribution in [0.25, 0.3) is 0 Å². The van der Waals surface area contributed by atoms with Crippen molar-refractivity contribution in [2.45, 2.75) is 26.9 Å². The number of aromatic nitrogens is 2. The zero-order valence-electron chi connectivity index (χ0n) is 10.0. The molecule has 4 heteroatoms. The van der Waals surface area contributed by atoms with Crippen molar-refractivity contribution in [2.75, 3.05) is 0 Å². The summed E-state index contributed by atoms with van der Waals surface area (Å²) >= 11 is 0. The standard InChI is InChI=1S/C13H16FN3/c1-9-5-11(6-10(2)13(9)14)7-15-8-12-3-4-16-17-12/h3-6,15H,7-8H2,1-2H3,(H,16,17). The molecule has 0 aliphatic carbocycles. The van der Waals surface area contributed by atoms with Gasteiger partial charge in [0.05, 0.1) is 0 Å². The molecule has 0 radical (unpaired) electrons. The fourth-order valence-corrected chi connectivity index (χ4v) is 1.86. The zero-order chi connectivity index (χ0) is 12.3. The molecule has 0 saturated carbocycles. The van der Waals surface area contributed by atoms with Gasteiger partial charge in [0.1, 0.15) is 5.82 Å². The molecule has 1 aromatic heterocycles. The van der Waals surface area contributed by atoms with Crippen molar-refractivity contribution >= 4 is 0 Å². The quantitative estimate of drug-likeness (QED) is 0.851. The summed E-state index contributed by atoms with van der Waals surface area (Å²) in [5, 5.41) is 10.0. The van der Waals surface area contributed by atoms with Crippen LogP contribution in [0.1, 0.15) is 22.4 Å². The van der Waals surface area contributed by atoms with E-state index in [0.29, 0.717) is 11.1 Å². The van der Waals surface area contributed by atoms with Gasteiger partial charge in [-0.25, -0.2) is 4.39 Å². The summed E-state index contributed by atoms with van der Waals surface area (Å²) in [4.78, 5) is 0. The van der Waals surface area contributed by atoms with Crippen molar-refractivity contribution < 1.29 is 4.39 Å². The van der Waals surface area contributed by atoms with E-state index >= 15 is 0 Å². The second-order valence-corrected chi connectivity index (χ2v) is 4.23. The number of halogens is 1. The van der Waals surface area contributed by atoms with Gasteiger partial charge in [-0.3, -0.25) is 5.10 Å². The molecule has 2 aromatic rings. The highest BCUT2D eigenvalue weighted by Crippen LogP contribution is 2.14. The first-order valence-electron chi connectivity index (χ1n) is 5.61. The van der Waals surface area contributed by atoms with Gasteiger partial charge in [-0.2, -0.15) is 5.10 Å². The van der Waals surface area contributed by atoms with E-state index in [1.165, 1.54) is 0 Å².